The van der Waals surface area contributed by atoms with Crippen molar-refractivity contribution >= 4 is 12.0 Å². The van der Waals surface area contributed by atoms with E-state index < -0.39 is 5.72 Å². The molecule has 3 heteroatoms. The van der Waals surface area contributed by atoms with Crippen LogP contribution in [0.4, 0.5) is 0 Å². The number of hydrogen-bond donors (Lipinski definition) is 1. The first kappa shape index (κ1) is 10.4. The van der Waals surface area contributed by atoms with E-state index in [1.807, 2.05) is 54.6 Å². The van der Waals surface area contributed by atoms with Crippen LogP contribution in [0.1, 0.15) is 27.0 Å². The van der Waals surface area contributed by atoms with Gasteiger partial charge in [0.05, 0.1) is 6.26 Å². The van der Waals surface area contributed by atoms with Crippen LogP contribution in [-0.2, 0) is 10.5 Å². The lowest BCUT2D eigenvalue weighted by atomic mass is 9.89. The molecule has 3 nitrogen and oxygen atoms in total. The van der Waals surface area contributed by atoms with E-state index in [1.165, 1.54) is 0 Å². The van der Waals surface area contributed by atoms with E-state index in [0.29, 0.717) is 5.56 Å². The summed E-state index contributed by atoms with van der Waals surface area (Å²) in [5.41, 5.74) is 2.70. The third-order valence-electron chi connectivity index (χ3n) is 3.67. The Kier molecular flexibility index (Phi) is 1.90. The predicted molar refractivity (Wildman–Crippen MR) is 71.2 cm³/mol. The number of rotatable bonds is 0. The molecule has 1 N–H and O–H groups in total. The van der Waals surface area contributed by atoms with Crippen LogP contribution in [0.2, 0.25) is 0 Å². The maximum absolute atomic E-state index is 12.1. The van der Waals surface area contributed by atoms with Crippen molar-refractivity contribution in [3.8, 4) is 0 Å². The van der Waals surface area contributed by atoms with Crippen LogP contribution in [0.25, 0.3) is 6.08 Å². The van der Waals surface area contributed by atoms with Gasteiger partial charge in [-0.2, -0.15) is 0 Å². The minimum atomic E-state index is -0.876. The Bertz CT molecular complexity index is 707. The summed E-state index contributed by atoms with van der Waals surface area (Å²) in [4.78, 5) is 12.1. The third-order valence-corrected chi connectivity index (χ3v) is 3.67. The van der Waals surface area contributed by atoms with Crippen molar-refractivity contribution < 1.29 is 9.53 Å². The van der Waals surface area contributed by atoms with Gasteiger partial charge in [-0.05, 0) is 17.7 Å². The first-order valence-electron chi connectivity index (χ1n) is 6.17. The molecule has 0 bridgehead atoms. The Balaban J connectivity index is 2.03. The van der Waals surface area contributed by atoms with Gasteiger partial charge in [0.1, 0.15) is 0 Å². The van der Waals surface area contributed by atoms with Crippen LogP contribution < -0.4 is 5.32 Å². The van der Waals surface area contributed by atoms with Crippen LogP contribution in [0.15, 0.2) is 54.8 Å². The molecule has 1 unspecified atom stereocenters. The molecule has 2 aromatic carbocycles. The van der Waals surface area contributed by atoms with Crippen molar-refractivity contribution in [2.45, 2.75) is 5.72 Å². The van der Waals surface area contributed by atoms with Crippen molar-refractivity contribution in [2.75, 3.05) is 0 Å². The van der Waals surface area contributed by atoms with E-state index >= 15 is 0 Å². The molecule has 0 saturated heterocycles. The first-order chi connectivity index (χ1) is 9.31. The highest BCUT2D eigenvalue weighted by molar-refractivity contribution is 6.00. The largest absolute Gasteiger partial charge is 0.467 e. The highest BCUT2D eigenvalue weighted by Gasteiger charge is 2.47. The summed E-state index contributed by atoms with van der Waals surface area (Å²) < 4.78 is 5.84. The van der Waals surface area contributed by atoms with Crippen molar-refractivity contribution in [2.24, 2.45) is 0 Å². The lowest BCUT2D eigenvalue weighted by Crippen LogP contribution is -2.43. The molecular formula is C16H11NO2. The fraction of sp³-hybridized carbons (Fsp3) is 0.0625. The smallest absolute Gasteiger partial charge is 0.255 e. The van der Waals surface area contributed by atoms with E-state index in [0.717, 1.165) is 16.7 Å². The number of fused-ring (bicyclic) bond motifs is 4. The van der Waals surface area contributed by atoms with Gasteiger partial charge >= 0.3 is 0 Å². The van der Waals surface area contributed by atoms with Crippen LogP contribution in [0.5, 0.6) is 0 Å². The normalized spacial score (nSPS) is 22.6. The maximum Gasteiger partial charge on any atom is 0.255 e. The molecule has 2 aliphatic heterocycles. The number of carbonyl (C=O) groups is 1. The summed E-state index contributed by atoms with van der Waals surface area (Å²) in [5, 5.41) is 2.98. The molecule has 19 heavy (non-hydrogen) atoms. The van der Waals surface area contributed by atoms with Gasteiger partial charge in [0.25, 0.3) is 5.91 Å². The Morgan fingerprint density at radius 2 is 1.68 bits per heavy atom. The fourth-order valence-corrected chi connectivity index (χ4v) is 2.82. The molecule has 0 aromatic heterocycles. The number of benzene rings is 2. The predicted octanol–water partition coefficient (Wildman–Crippen LogP) is 2.63. The Morgan fingerprint density at radius 3 is 2.58 bits per heavy atom. The molecular weight excluding hydrogens is 238 g/mol. The topological polar surface area (TPSA) is 38.3 Å². The second kappa shape index (κ2) is 3.48. The summed E-state index contributed by atoms with van der Waals surface area (Å²) >= 11 is 0. The van der Waals surface area contributed by atoms with Gasteiger partial charge < -0.3 is 10.1 Å². The van der Waals surface area contributed by atoms with Gasteiger partial charge in [0, 0.05) is 16.7 Å². The zero-order valence-corrected chi connectivity index (χ0v) is 10.1. The van der Waals surface area contributed by atoms with Crippen molar-refractivity contribution in [1.29, 1.82) is 0 Å². The van der Waals surface area contributed by atoms with Gasteiger partial charge in [-0.15, -0.1) is 0 Å². The summed E-state index contributed by atoms with van der Waals surface area (Å²) in [6.07, 6.45) is 3.55. The quantitative estimate of drug-likeness (QED) is 0.779. The maximum atomic E-state index is 12.1. The van der Waals surface area contributed by atoms with Crippen molar-refractivity contribution in [3.05, 3.63) is 77.0 Å². The first-order valence-corrected chi connectivity index (χ1v) is 6.17. The minimum absolute atomic E-state index is 0.0966. The van der Waals surface area contributed by atoms with Crippen molar-refractivity contribution in [3.63, 3.8) is 0 Å². The summed E-state index contributed by atoms with van der Waals surface area (Å²) in [6, 6.07) is 15.5. The van der Waals surface area contributed by atoms with Crippen LogP contribution >= 0.6 is 0 Å². The third kappa shape index (κ3) is 1.24. The highest BCUT2D eigenvalue weighted by atomic mass is 16.5. The monoisotopic (exact) mass is 249 g/mol. The molecule has 2 aromatic rings. The SMILES string of the molecule is O=C1NC2(OC=Cc3ccccc32)c2ccccc21. The molecule has 2 heterocycles. The minimum Gasteiger partial charge on any atom is -0.467 e. The number of amides is 1. The van der Waals surface area contributed by atoms with E-state index in [2.05, 4.69) is 5.32 Å². The molecule has 0 saturated carbocycles. The number of nitrogens with one attached hydrogen (secondary N) is 1. The van der Waals surface area contributed by atoms with Gasteiger partial charge in [-0.3, -0.25) is 4.79 Å². The van der Waals surface area contributed by atoms with Gasteiger partial charge in [-0.25, -0.2) is 0 Å². The van der Waals surface area contributed by atoms with Crippen molar-refractivity contribution in [1.82, 2.24) is 5.32 Å². The van der Waals surface area contributed by atoms with E-state index in [4.69, 9.17) is 4.74 Å². The second-order valence-corrected chi connectivity index (χ2v) is 4.69. The molecule has 2 aliphatic rings. The van der Waals surface area contributed by atoms with Gasteiger partial charge in [0.2, 0.25) is 5.72 Å². The summed E-state index contributed by atoms with van der Waals surface area (Å²) in [6.45, 7) is 0. The Hall–Kier alpha value is -2.55. The molecule has 4 rings (SSSR count). The Morgan fingerprint density at radius 1 is 0.947 bits per heavy atom. The van der Waals surface area contributed by atoms with E-state index in [9.17, 15) is 4.79 Å². The fourth-order valence-electron chi connectivity index (χ4n) is 2.82. The number of carbonyl (C=O) groups excluding carboxylic acids is 1. The van der Waals surface area contributed by atoms with Gasteiger partial charge in [-0.1, -0.05) is 42.5 Å². The lowest BCUT2D eigenvalue weighted by molar-refractivity contribution is 0.0306. The highest BCUT2D eigenvalue weighted by Crippen LogP contribution is 2.42. The number of ether oxygens (including phenoxy) is 1. The number of hydrogen-bond acceptors (Lipinski definition) is 2. The average molecular weight is 249 g/mol. The van der Waals surface area contributed by atoms with Gasteiger partial charge in [0.15, 0.2) is 0 Å². The zero-order chi connectivity index (χ0) is 12.9. The molecule has 0 aliphatic carbocycles. The molecule has 1 amide bonds. The zero-order valence-electron chi connectivity index (χ0n) is 10.1. The average Bonchev–Trinajstić information content (AvgIpc) is 2.74. The molecule has 0 radical (unpaired) electrons. The molecule has 1 spiro atoms. The van der Waals surface area contributed by atoms with Crippen LogP contribution in [-0.4, -0.2) is 5.91 Å². The van der Waals surface area contributed by atoms with E-state index in [1.54, 1.807) is 6.26 Å². The second-order valence-electron chi connectivity index (χ2n) is 4.69. The van der Waals surface area contributed by atoms with Crippen LogP contribution in [0.3, 0.4) is 0 Å². The molecule has 1 atom stereocenters. The Labute approximate surface area is 110 Å². The molecule has 92 valence electrons. The summed E-state index contributed by atoms with van der Waals surface area (Å²) in [7, 11) is 0. The molecule has 0 fully saturated rings. The summed E-state index contributed by atoms with van der Waals surface area (Å²) in [5.74, 6) is -0.0966. The van der Waals surface area contributed by atoms with E-state index in [-0.39, 0.29) is 5.91 Å². The van der Waals surface area contributed by atoms with Crippen LogP contribution in [0, 0.1) is 0 Å². The standard InChI is InChI=1S/C16H11NO2/c18-15-12-6-2-4-8-14(12)16(17-15)13-7-3-1-5-11(13)9-10-19-16/h1-10H,(H,17,18). The lowest BCUT2D eigenvalue weighted by Gasteiger charge is -2.33.